The summed E-state index contributed by atoms with van der Waals surface area (Å²) in [5, 5.41) is 13.2. The lowest BCUT2D eigenvalue weighted by molar-refractivity contribution is 0.296. The van der Waals surface area contributed by atoms with Crippen molar-refractivity contribution >= 4 is 34.1 Å². The predicted octanol–water partition coefficient (Wildman–Crippen LogP) is 2.13. The van der Waals surface area contributed by atoms with Crippen LogP contribution in [0.3, 0.4) is 0 Å². The maximum atomic E-state index is 8.66. The van der Waals surface area contributed by atoms with Crippen molar-refractivity contribution in [3.05, 3.63) is 5.56 Å². The van der Waals surface area contributed by atoms with Crippen molar-refractivity contribution in [1.82, 2.24) is 4.37 Å². The molecule has 6 heteroatoms. The first-order valence-corrected chi connectivity index (χ1v) is 7.93. The van der Waals surface area contributed by atoms with Gasteiger partial charge in [-0.2, -0.15) is 16.1 Å². The lowest BCUT2D eigenvalue weighted by Gasteiger charge is -2.06. The van der Waals surface area contributed by atoms with E-state index in [9.17, 15) is 0 Å². The van der Waals surface area contributed by atoms with Gasteiger partial charge in [-0.05, 0) is 42.5 Å². The van der Waals surface area contributed by atoms with Crippen LogP contribution in [0.5, 0.6) is 0 Å². The van der Waals surface area contributed by atoms with E-state index in [4.69, 9.17) is 10.8 Å². The summed E-state index contributed by atoms with van der Waals surface area (Å²) in [6.07, 6.45) is 3.39. The molecular weight excluding hydrogens is 254 g/mol. The van der Waals surface area contributed by atoms with Crippen LogP contribution in [0.2, 0.25) is 0 Å². The van der Waals surface area contributed by atoms with Crippen LogP contribution in [0.1, 0.15) is 30.7 Å². The molecule has 96 valence electrons. The molecule has 0 radical (unpaired) electrons. The Morgan fingerprint density at radius 1 is 1.47 bits per heavy atom. The molecule has 0 amide bonds. The number of aliphatic hydroxyl groups is 1. The highest BCUT2D eigenvalue weighted by Crippen LogP contribution is 2.47. The van der Waals surface area contributed by atoms with E-state index < -0.39 is 0 Å². The fourth-order valence-corrected chi connectivity index (χ4v) is 3.32. The molecule has 0 unspecified atom stereocenters. The molecule has 17 heavy (non-hydrogen) atoms. The molecule has 0 aromatic carbocycles. The predicted molar refractivity (Wildman–Crippen MR) is 76.0 cm³/mol. The van der Waals surface area contributed by atoms with Crippen molar-refractivity contribution in [2.75, 3.05) is 35.7 Å². The summed E-state index contributed by atoms with van der Waals surface area (Å²) in [7, 11) is 0. The normalized spacial score (nSPS) is 15.1. The monoisotopic (exact) mass is 273 g/mol. The molecule has 1 aromatic heterocycles. The third kappa shape index (κ3) is 3.76. The number of nitrogen functional groups attached to an aromatic ring is 1. The van der Waals surface area contributed by atoms with Crippen molar-refractivity contribution in [3.8, 4) is 0 Å². The molecule has 0 bridgehead atoms. The van der Waals surface area contributed by atoms with Gasteiger partial charge in [0.1, 0.15) is 10.8 Å². The maximum Gasteiger partial charge on any atom is 0.142 e. The first kappa shape index (κ1) is 13.0. The number of aliphatic hydroxyl groups excluding tert-OH is 1. The lowest BCUT2D eigenvalue weighted by Crippen LogP contribution is -2.05. The minimum Gasteiger partial charge on any atom is -0.396 e. The Hall–Kier alpha value is -0.460. The molecule has 1 saturated carbocycles. The van der Waals surface area contributed by atoms with E-state index in [1.165, 1.54) is 29.9 Å². The number of thioether (sulfide) groups is 1. The number of hydrogen-bond donors (Lipinski definition) is 3. The van der Waals surface area contributed by atoms with Crippen molar-refractivity contribution in [2.24, 2.45) is 0 Å². The van der Waals surface area contributed by atoms with E-state index in [0.717, 1.165) is 29.5 Å². The zero-order chi connectivity index (χ0) is 12.1. The van der Waals surface area contributed by atoms with Crippen molar-refractivity contribution < 1.29 is 5.11 Å². The molecule has 1 aliphatic rings. The maximum absolute atomic E-state index is 8.66. The Kier molecular flexibility index (Phi) is 4.94. The number of hydrogen-bond acceptors (Lipinski definition) is 6. The summed E-state index contributed by atoms with van der Waals surface area (Å²) in [5.74, 6) is 3.45. The van der Waals surface area contributed by atoms with Gasteiger partial charge in [-0.3, -0.25) is 0 Å². The Balaban J connectivity index is 1.71. The highest BCUT2D eigenvalue weighted by Gasteiger charge is 2.30. The largest absolute Gasteiger partial charge is 0.396 e. The molecule has 0 aliphatic heterocycles. The summed E-state index contributed by atoms with van der Waals surface area (Å²) < 4.78 is 4.22. The average Bonchev–Trinajstić information content (AvgIpc) is 3.09. The number of aromatic nitrogens is 1. The Morgan fingerprint density at radius 2 is 2.29 bits per heavy atom. The van der Waals surface area contributed by atoms with Gasteiger partial charge in [0, 0.05) is 24.5 Å². The van der Waals surface area contributed by atoms with Gasteiger partial charge in [-0.25, -0.2) is 0 Å². The SMILES string of the molecule is Nc1nsc(NCCSCCCO)c1C1CC1. The zero-order valence-corrected chi connectivity index (χ0v) is 11.4. The van der Waals surface area contributed by atoms with Gasteiger partial charge in [0.05, 0.1) is 0 Å². The van der Waals surface area contributed by atoms with E-state index in [0.29, 0.717) is 11.7 Å². The van der Waals surface area contributed by atoms with Gasteiger partial charge < -0.3 is 16.2 Å². The van der Waals surface area contributed by atoms with Crippen LogP contribution in [0, 0.1) is 0 Å². The second-order valence-electron chi connectivity index (χ2n) is 4.20. The van der Waals surface area contributed by atoms with Gasteiger partial charge in [0.15, 0.2) is 0 Å². The van der Waals surface area contributed by atoms with E-state index in [1.807, 2.05) is 11.8 Å². The number of nitrogens with zero attached hydrogens (tertiary/aromatic N) is 1. The summed E-state index contributed by atoms with van der Waals surface area (Å²) >= 11 is 3.34. The minimum absolute atomic E-state index is 0.289. The standard InChI is InChI=1S/C11H19N3OS2/c12-10-9(8-2-3-8)11(17-14-10)13-4-7-16-6-1-5-15/h8,13,15H,1-7H2,(H2,12,14). The summed E-state index contributed by atoms with van der Waals surface area (Å²) in [6.45, 7) is 1.23. The molecule has 1 aromatic rings. The smallest absolute Gasteiger partial charge is 0.142 e. The summed E-state index contributed by atoms with van der Waals surface area (Å²) in [4.78, 5) is 0. The van der Waals surface area contributed by atoms with E-state index in [1.54, 1.807) is 0 Å². The fourth-order valence-electron chi connectivity index (χ4n) is 1.71. The molecule has 4 N–H and O–H groups in total. The second-order valence-corrected chi connectivity index (χ2v) is 6.20. The van der Waals surface area contributed by atoms with Crippen LogP contribution in [-0.4, -0.2) is 34.1 Å². The topological polar surface area (TPSA) is 71.2 Å². The highest BCUT2D eigenvalue weighted by atomic mass is 32.2. The summed E-state index contributed by atoms with van der Waals surface area (Å²) in [5.41, 5.74) is 7.12. The van der Waals surface area contributed by atoms with Crippen LogP contribution in [0.4, 0.5) is 10.8 Å². The fraction of sp³-hybridized carbons (Fsp3) is 0.727. The molecule has 1 aliphatic carbocycles. The molecule has 1 fully saturated rings. The number of nitrogens with one attached hydrogen (secondary N) is 1. The van der Waals surface area contributed by atoms with Crippen LogP contribution < -0.4 is 11.1 Å². The molecule has 4 nitrogen and oxygen atoms in total. The number of rotatable bonds is 8. The minimum atomic E-state index is 0.289. The first-order chi connectivity index (χ1) is 8.33. The number of anilines is 2. The Morgan fingerprint density at radius 3 is 3.00 bits per heavy atom. The molecule has 1 heterocycles. The third-order valence-corrected chi connectivity index (χ3v) is 4.63. The van der Waals surface area contributed by atoms with Crippen LogP contribution in [0.25, 0.3) is 0 Å². The lowest BCUT2D eigenvalue weighted by atomic mass is 10.2. The van der Waals surface area contributed by atoms with Gasteiger partial charge >= 0.3 is 0 Å². The van der Waals surface area contributed by atoms with Gasteiger partial charge in [-0.15, -0.1) is 0 Å². The van der Waals surface area contributed by atoms with E-state index in [-0.39, 0.29) is 6.61 Å². The van der Waals surface area contributed by atoms with Crippen LogP contribution in [-0.2, 0) is 0 Å². The van der Waals surface area contributed by atoms with Crippen molar-refractivity contribution in [3.63, 3.8) is 0 Å². The van der Waals surface area contributed by atoms with Gasteiger partial charge in [0.2, 0.25) is 0 Å². The average molecular weight is 273 g/mol. The van der Waals surface area contributed by atoms with Crippen molar-refractivity contribution in [2.45, 2.75) is 25.2 Å². The van der Waals surface area contributed by atoms with Crippen molar-refractivity contribution in [1.29, 1.82) is 0 Å². The molecule has 0 atom stereocenters. The molecule has 0 saturated heterocycles. The second kappa shape index (κ2) is 6.47. The van der Waals surface area contributed by atoms with E-state index in [2.05, 4.69) is 9.69 Å². The highest BCUT2D eigenvalue weighted by molar-refractivity contribution is 7.99. The number of nitrogens with two attached hydrogens (primary N) is 1. The molecule has 2 rings (SSSR count). The molecular formula is C11H19N3OS2. The third-order valence-electron chi connectivity index (χ3n) is 2.72. The van der Waals surface area contributed by atoms with Crippen LogP contribution >= 0.6 is 23.3 Å². The van der Waals surface area contributed by atoms with Gasteiger partial charge in [-0.1, -0.05) is 0 Å². The quantitative estimate of drug-likeness (QED) is 0.633. The first-order valence-electron chi connectivity index (χ1n) is 6.00. The van der Waals surface area contributed by atoms with Gasteiger partial charge in [0.25, 0.3) is 0 Å². The summed E-state index contributed by atoms with van der Waals surface area (Å²) in [6, 6.07) is 0. The Labute approximate surface area is 110 Å². The Bertz CT molecular complexity index is 352. The molecule has 0 spiro atoms. The zero-order valence-electron chi connectivity index (χ0n) is 9.82. The van der Waals surface area contributed by atoms with Crippen LogP contribution in [0.15, 0.2) is 0 Å². The van der Waals surface area contributed by atoms with E-state index >= 15 is 0 Å².